The van der Waals surface area contributed by atoms with Gasteiger partial charge < -0.3 is 10.2 Å². The van der Waals surface area contributed by atoms with E-state index in [0.717, 1.165) is 6.54 Å². The Bertz CT molecular complexity index is 459. The molecule has 0 heterocycles. The van der Waals surface area contributed by atoms with Gasteiger partial charge in [-0.3, -0.25) is 0 Å². The molecule has 1 aromatic rings. The van der Waals surface area contributed by atoms with Crippen LogP contribution in [0.3, 0.4) is 0 Å². The lowest BCUT2D eigenvalue weighted by Crippen LogP contribution is -2.54. The highest BCUT2D eigenvalue weighted by Gasteiger charge is 2.42. The summed E-state index contributed by atoms with van der Waals surface area (Å²) in [5, 5.41) is 3.80. The van der Waals surface area contributed by atoms with Gasteiger partial charge in [0.1, 0.15) is 0 Å². The first-order chi connectivity index (χ1) is 10.0. The Hall–Kier alpha value is -0.860. The zero-order valence-corrected chi connectivity index (χ0v) is 14.5. The van der Waals surface area contributed by atoms with E-state index in [9.17, 15) is 0 Å². The summed E-state index contributed by atoms with van der Waals surface area (Å²) in [5.74, 6) is 0. The minimum atomic E-state index is 0.260. The molecule has 1 aliphatic carbocycles. The van der Waals surface area contributed by atoms with Crippen LogP contribution in [0, 0.1) is 13.8 Å². The topological polar surface area (TPSA) is 15.3 Å². The van der Waals surface area contributed by atoms with Gasteiger partial charge in [-0.15, -0.1) is 0 Å². The van der Waals surface area contributed by atoms with Crippen LogP contribution in [0.5, 0.6) is 0 Å². The maximum atomic E-state index is 3.80. The zero-order chi connectivity index (χ0) is 15.5. The van der Waals surface area contributed by atoms with Crippen LogP contribution in [0.1, 0.15) is 61.8 Å². The highest BCUT2D eigenvalue weighted by Crippen LogP contribution is 2.42. The van der Waals surface area contributed by atoms with Crippen molar-refractivity contribution in [3.8, 4) is 0 Å². The Morgan fingerprint density at radius 2 is 1.76 bits per heavy atom. The predicted molar refractivity (Wildman–Crippen MR) is 91.8 cm³/mol. The van der Waals surface area contributed by atoms with Gasteiger partial charge in [-0.25, -0.2) is 0 Å². The predicted octanol–water partition coefficient (Wildman–Crippen LogP) is 4.22. The zero-order valence-electron chi connectivity index (χ0n) is 14.5. The van der Waals surface area contributed by atoms with Crippen LogP contribution in [0.4, 0.5) is 0 Å². The molecular formula is C19H32N2. The van der Waals surface area contributed by atoms with Gasteiger partial charge in [-0.2, -0.15) is 0 Å². The molecule has 118 valence electrons. The van der Waals surface area contributed by atoms with Gasteiger partial charge >= 0.3 is 0 Å². The Morgan fingerprint density at radius 3 is 2.29 bits per heavy atom. The van der Waals surface area contributed by atoms with Crippen LogP contribution in [-0.2, 0) is 0 Å². The molecule has 1 aliphatic rings. The number of nitrogens with one attached hydrogen (secondary N) is 1. The van der Waals surface area contributed by atoms with E-state index in [1.54, 1.807) is 0 Å². The summed E-state index contributed by atoms with van der Waals surface area (Å²) in [7, 11) is 4.52. The van der Waals surface area contributed by atoms with Crippen molar-refractivity contribution in [2.45, 2.75) is 64.5 Å². The first-order valence-electron chi connectivity index (χ1n) is 8.49. The first kappa shape index (κ1) is 16.5. The fourth-order valence-electron chi connectivity index (χ4n) is 3.92. The maximum absolute atomic E-state index is 3.80. The normalized spacial score (nSPS) is 19.7. The number of aryl methyl sites for hydroxylation is 2. The van der Waals surface area contributed by atoms with Gasteiger partial charge in [0.15, 0.2) is 0 Å². The largest absolute Gasteiger partial charge is 0.309 e. The Morgan fingerprint density at radius 1 is 1.10 bits per heavy atom. The molecule has 1 fully saturated rings. The van der Waals surface area contributed by atoms with Crippen LogP contribution in [0.2, 0.25) is 0 Å². The van der Waals surface area contributed by atoms with Crippen molar-refractivity contribution in [3.63, 3.8) is 0 Å². The lowest BCUT2D eigenvalue weighted by atomic mass is 9.72. The van der Waals surface area contributed by atoms with Crippen LogP contribution < -0.4 is 5.32 Å². The van der Waals surface area contributed by atoms with E-state index < -0.39 is 0 Å². The third kappa shape index (κ3) is 3.32. The van der Waals surface area contributed by atoms with E-state index in [2.05, 4.69) is 63.3 Å². The summed E-state index contributed by atoms with van der Waals surface area (Å²) < 4.78 is 0. The van der Waals surface area contributed by atoms with Gasteiger partial charge in [0.25, 0.3) is 0 Å². The summed E-state index contributed by atoms with van der Waals surface area (Å²) in [6.45, 7) is 7.67. The molecule has 1 atom stereocenters. The average molecular weight is 288 g/mol. The second kappa shape index (κ2) is 6.93. The quantitative estimate of drug-likeness (QED) is 0.872. The second-order valence-corrected chi connectivity index (χ2v) is 6.89. The summed E-state index contributed by atoms with van der Waals surface area (Å²) in [6.07, 6.45) is 6.69. The molecule has 1 saturated carbocycles. The Kier molecular flexibility index (Phi) is 5.45. The molecule has 1 aromatic carbocycles. The van der Waals surface area contributed by atoms with Crippen molar-refractivity contribution in [2.75, 3.05) is 20.6 Å². The van der Waals surface area contributed by atoms with Crippen molar-refractivity contribution in [1.29, 1.82) is 0 Å². The SMILES string of the molecule is CCNC(c1ccc(C)c(C)c1)C1(N(C)C)CCCCC1. The van der Waals surface area contributed by atoms with Gasteiger partial charge in [0.2, 0.25) is 0 Å². The molecule has 0 aromatic heterocycles. The summed E-state index contributed by atoms with van der Waals surface area (Å²) in [5.41, 5.74) is 4.50. The van der Waals surface area contributed by atoms with E-state index in [1.165, 1.54) is 48.8 Å². The van der Waals surface area contributed by atoms with Crippen molar-refractivity contribution >= 4 is 0 Å². The highest BCUT2D eigenvalue weighted by atomic mass is 15.2. The number of likely N-dealkylation sites (N-methyl/N-ethyl adjacent to an activating group) is 2. The van der Waals surface area contributed by atoms with Gasteiger partial charge in [0, 0.05) is 5.54 Å². The number of hydrogen-bond acceptors (Lipinski definition) is 2. The van der Waals surface area contributed by atoms with Crippen LogP contribution in [0.25, 0.3) is 0 Å². The number of nitrogens with zero attached hydrogens (tertiary/aromatic N) is 1. The second-order valence-electron chi connectivity index (χ2n) is 6.89. The summed E-state index contributed by atoms with van der Waals surface area (Å²) in [4.78, 5) is 2.48. The van der Waals surface area contributed by atoms with Gasteiger partial charge in [-0.05, 0) is 64.0 Å². The smallest absolute Gasteiger partial charge is 0.0506 e. The standard InChI is InChI=1S/C19H32N2/c1-6-20-18(17-11-10-15(2)16(3)14-17)19(21(4)5)12-8-7-9-13-19/h10-11,14,18,20H,6-9,12-13H2,1-5H3. The first-order valence-corrected chi connectivity index (χ1v) is 8.49. The molecule has 2 heteroatoms. The van der Waals surface area contributed by atoms with Crippen molar-refractivity contribution in [1.82, 2.24) is 10.2 Å². The molecule has 21 heavy (non-hydrogen) atoms. The van der Waals surface area contributed by atoms with Crippen LogP contribution in [-0.4, -0.2) is 31.1 Å². The number of rotatable bonds is 5. The fourth-order valence-corrected chi connectivity index (χ4v) is 3.92. The molecule has 2 rings (SSSR count). The van der Waals surface area contributed by atoms with Crippen molar-refractivity contribution < 1.29 is 0 Å². The molecule has 1 N–H and O–H groups in total. The molecule has 0 spiro atoms. The van der Waals surface area contributed by atoms with E-state index >= 15 is 0 Å². The fraction of sp³-hybridized carbons (Fsp3) is 0.684. The Balaban J connectivity index is 2.41. The lowest BCUT2D eigenvalue weighted by Gasteiger charge is -2.49. The van der Waals surface area contributed by atoms with E-state index in [4.69, 9.17) is 0 Å². The van der Waals surface area contributed by atoms with Crippen molar-refractivity contribution in [2.24, 2.45) is 0 Å². The monoisotopic (exact) mass is 288 g/mol. The lowest BCUT2D eigenvalue weighted by molar-refractivity contribution is 0.0570. The molecule has 1 unspecified atom stereocenters. The maximum Gasteiger partial charge on any atom is 0.0506 e. The van der Waals surface area contributed by atoms with E-state index in [-0.39, 0.29) is 5.54 Å². The molecule has 0 aliphatic heterocycles. The van der Waals surface area contributed by atoms with Crippen molar-refractivity contribution in [3.05, 3.63) is 34.9 Å². The molecule has 0 bridgehead atoms. The number of benzene rings is 1. The molecule has 0 amide bonds. The third-order valence-electron chi connectivity index (χ3n) is 5.42. The van der Waals surface area contributed by atoms with Crippen LogP contribution in [0.15, 0.2) is 18.2 Å². The number of hydrogen-bond donors (Lipinski definition) is 1. The van der Waals surface area contributed by atoms with Gasteiger partial charge in [0.05, 0.1) is 6.04 Å². The Labute approximate surface area is 130 Å². The van der Waals surface area contributed by atoms with E-state index in [0.29, 0.717) is 6.04 Å². The van der Waals surface area contributed by atoms with Gasteiger partial charge in [-0.1, -0.05) is 44.4 Å². The molecular weight excluding hydrogens is 256 g/mol. The summed E-state index contributed by atoms with van der Waals surface area (Å²) in [6, 6.07) is 7.43. The summed E-state index contributed by atoms with van der Waals surface area (Å²) >= 11 is 0. The molecule has 0 saturated heterocycles. The third-order valence-corrected chi connectivity index (χ3v) is 5.42. The van der Waals surface area contributed by atoms with E-state index in [1.807, 2.05) is 0 Å². The average Bonchev–Trinajstić information content (AvgIpc) is 2.48. The molecule has 0 radical (unpaired) electrons. The minimum Gasteiger partial charge on any atom is -0.309 e. The highest BCUT2D eigenvalue weighted by molar-refractivity contribution is 5.33. The molecule has 2 nitrogen and oxygen atoms in total. The van der Waals surface area contributed by atoms with Crippen LogP contribution >= 0.6 is 0 Å². The minimum absolute atomic E-state index is 0.260.